The van der Waals surface area contributed by atoms with Crippen molar-refractivity contribution in [2.75, 3.05) is 24.5 Å². The number of β-amino-alcohol motifs (C(OH)–C–C–N with tert-alkyl or cyclic N) is 1. The number of carbonyl (C=O) groups excluding carboxylic acids is 1. The second-order valence-electron chi connectivity index (χ2n) is 6.00. The smallest absolute Gasteiger partial charge is 0.258 e. The van der Waals surface area contributed by atoms with Gasteiger partial charge in [-0.05, 0) is 42.9 Å². The summed E-state index contributed by atoms with van der Waals surface area (Å²) in [5.74, 6) is -0.125. The minimum absolute atomic E-state index is 0.125. The molecule has 24 heavy (non-hydrogen) atoms. The summed E-state index contributed by atoms with van der Waals surface area (Å²) >= 11 is 5.93. The van der Waals surface area contributed by atoms with Crippen LogP contribution in [0.5, 0.6) is 0 Å². The number of hydrogen-bond donors (Lipinski definition) is 1. The molecule has 1 saturated heterocycles. The largest absolute Gasteiger partial charge is 0.390 e. The molecule has 1 aliphatic rings. The minimum atomic E-state index is -0.568. The van der Waals surface area contributed by atoms with Gasteiger partial charge in [0.15, 0.2) is 0 Å². The van der Waals surface area contributed by atoms with Crippen LogP contribution in [0.3, 0.4) is 0 Å². The third kappa shape index (κ3) is 3.46. The zero-order valence-corrected chi connectivity index (χ0v) is 14.4. The van der Waals surface area contributed by atoms with Crippen molar-refractivity contribution < 1.29 is 9.90 Å². The Morgan fingerprint density at radius 3 is 2.42 bits per heavy atom. The number of amides is 1. The van der Waals surface area contributed by atoms with E-state index < -0.39 is 6.10 Å². The number of carbonyl (C=O) groups is 1. The first kappa shape index (κ1) is 17.0. The molecule has 3 rings (SSSR count). The van der Waals surface area contributed by atoms with E-state index in [2.05, 4.69) is 11.8 Å². The van der Waals surface area contributed by atoms with Crippen LogP contribution in [-0.4, -0.2) is 47.7 Å². The molecular formula is C19H21ClN2O2. The van der Waals surface area contributed by atoms with E-state index in [0.29, 0.717) is 23.7 Å². The standard InChI is InChI=1S/C19H21ClN2O2/c1-2-21-12-17(18(23)13-21)22(16-6-4-3-5-7-16)19(24)14-8-10-15(20)11-9-14/h3-11,17-18,23H,2,12-13H2,1H3/t17-,18-/m1/s1. The Labute approximate surface area is 147 Å². The van der Waals surface area contributed by atoms with Gasteiger partial charge in [0.2, 0.25) is 0 Å². The Hall–Kier alpha value is -1.88. The number of hydrogen-bond acceptors (Lipinski definition) is 3. The topological polar surface area (TPSA) is 43.8 Å². The summed E-state index contributed by atoms with van der Waals surface area (Å²) in [6.45, 7) is 4.15. The number of benzene rings is 2. The van der Waals surface area contributed by atoms with Crippen molar-refractivity contribution in [1.29, 1.82) is 0 Å². The molecule has 0 radical (unpaired) electrons. The van der Waals surface area contributed by atoms with E-state index in [0.717, 1.165) is 12.2 Å². The number of aliphatic hydroxyl groups excluding tert-OH is 1. The monoisotopic (exact) mass is 344 g/mol. The van der Waals surface area contributed by atoms with Crippen molar-refractivity contribution in [3.05, 3.63) is 65.2 Å². The summed E-state index contributed by atoms with van der Waals surface area (Å²) in [4.78, 5) is 17.0. The SMILES string of the molecule is CCN1C[C@@H](O)[C@H](N(C(=O)c2ccc(Cl)cc2)c2ccccc2)C1. The van der Waals surface area contributed by atoms with Crippen LogP contribution in [0.1, 0.15) is 17.3 Å². The lowest BCUT2D eigenvalue weighted by molar-refractivity contribution is 0.0945. The maximum atomic E-state index is 13.1. The molecule has 1 fully saturated rings. The van der Waals surface area contributed by atoms with Crippen molar-refractivity contribution in [3.8, 4) is 0 Å². The van der Waals surface area contributed by atoms with E-state index in [1.165, 1.54) is 0 Å². The predicted molar refractivity (Wildman–Crippen MR) is 96.6 cm³/mol. The van der Waals surface area contributed by atoms with Crippen LogP contribution < -0.4 is 4.90 Å². The molecule has 126 valence electrons. The van der Waals surface area contributed by atoms with Crippen LogP contribution in [0, 0.1) is 0 Å². The van der Waals surface area contributed by atoms with Crippen LogP contribution in [0.15, 0.2) is 54.6 Å². The second kappa shape index (κ2) is 7.34. The number of aliphatic hydroxyl groups is 1. The van der Waals surface area contributed by atoms with Crippen LogP contribution in [0.25, 0.3) is 0 Å². The third-order valence-electron chi connectivity index (χ3n) is 4.46. The summed E-state index contributed by atoms with van der Waals surface area (Å²) in [7, 11) is 0. The number of nitrogens with zero attached hydrogens (tertiary/aromatic N) is 2. The van der Waals surface area contributed by atoms with Gasteiger partial charge >= 0.3 is 0 Å². The molecule has 0 unspecified atom stereocenters. The summed E-state index contributed by atoms with van der Waals surface area (Å²) in [6, 6.07) is 16.1. The number of likely N-dealkylation sites (N-methyl/N-ethyl adjacent to an activating group) is 1. The lowest BCUT2D eigenvalue weighted by Gasteiger charge is -2.31. The molecule has 1 N–H and O–H groups in total. The predicted octanol–water partition coefficient (Wildman–Crippen LogP) is 3.05. The normalized spacial score (nSPS) is 21.0. The zero-order valence-electron chi connectivity index (χ0n) is 13.6. The maximum absolute atomic E-state index is 13.1. The highest BCUT2D eigenvalue weighted by Gasteiger charge is 2.38. The molecule has 2 aromatic rings. The molecule has 2 atom stereocenters. The number of halogens is 1. The summed E-state index contributed by atoms with van der Waals surface area (Å²) < 4.78 is 0. The van der Waals surface area contributed by atoms with Gasteiger partial charge in [0.05, 0.1) is 12.1 Å². The Balaban J connectivity index is 1.96. The van der Waals surface area contributed by atoms with Crippen LogP contribution >= 0.6 is 11.6 Å². The van der Waals surface area contributed by atoms with E-state index in [4.69, 9.17) is 11.6 Å². The molecule has 1 aliphatic heterocycles. The molecule has 5 heteroatoms. The van der Waals surface area contributed by atoms with Gasteiger partial charge in [0.1, 0.15) is 0 Å². The Morgan fingerprint density at radius 2 is 1.83 bits per heavy atom. The summed E-state index contributed by atoms with van der Waals surface area (Å²) in [5, 5.41) is 11.1. The highest BCUT2D eigenvalue weighted by molar-refractivity contribution is 6.30. The molecule has 0 aliphatic carbocycles. The molecular weight excluding hydrogens is 324 g/mol. The average Bonchev–Trinajstić information content (AvgIpc) is 2.97. The van der Waals surface area contributed by atoms with Gasteiger partial charge in [0, 0.05) is 29.4 Å². The molecule has 0 saturated carbocycles. The van der Waals surface area contributed by atoms with E-state index in [1.807, 2.05) is 30.3 Å². The summed E-state index contributed by atoms with van der Waals surface area (Å²) in [5.41, 5.74) is 1.35. The quantitative estimate of drug-likeness (QED) is 0.927. The number of rotatable bonds is 4. The fourth-order valence-corrected chi connectivity index (χ4v) is 3.26. The first-order valence-electron chi connectivity index (χ1n) is 8.14. The first-order valence-corrected chi connectivity index (χ1v) is 8.52. The van der Waals surface area contributed by atoms with Crippen LogP contribution in [-0.2, 0) is 0 Å². The third-order valence-corrected chi connectivity index (χ3v) is 4.71. The van der Waals surface area contributed by atoms with Gasteiger partial charge < -0.3 is 10.0 Å². The zero-order chi connectivity index (χ0) is 17.1. The van der Waals surface area contributed by atoms with Gasteiger partial charge in [0.25, 0.3) is 5.91 Å². The van der Waals surface area contributed by atoms with Crippen molar-refractivity contribution >= 4 is 23.2 Å². The second-order valence-corrected chi connectivity index (χ2v) is 6.44. The molecule has 0 bridgehead atoms. The summed E-state index contributed by atoms with van der Waals surface area (Å²) in [6.07, 6.45) is -0.568. The number of likely N-dealkylation sites (tertiary alicyclic amines) is 1. The highest BCUT2D eigenvalue weighted by atomic mass is 35.5. The molecule has 1 amide bonds. The fraction of sp³-hybridized carbons (Fsp3) is 0.316. The van der Waals surface area contributed by atoms with Gasteiger partial charge in [-0.15, -0.1) is 0 Å². The van der Waals surface area contributed by atoms with Crippen molar-refractivity contribution in [2.24, 2.45) is 0 Å². The lowest BCUT2D eigenvalue weighted by Crippen LogP contribution is -2.47. The van der Waals surface area contributed by atoms with Crippen molar-refractivity contribution in [2.45, 2.75) is 19.1 Å². The van der Waals surface area contributed by atoms with Gasteiger partial charge in [-0.1, -0.05) is 36.7 Å². The van der Waals surface area contributed by atoms with Gasteiger partial charge in [-0.25, -0.2) is 0 Å². The Morgan fingerprint density at radius 1 is 1.17 bits per heavy atom. The first-order chi connectivity index (χ1) is 11.6. The molecule has 1 heterocycles. The molecule has 2 aromatic carbocycles. The van der Waals surface area contributed by atoms with E-state index in [-0.39, 0.29) is 11.9 Å². The molecule has 0 aromatic heterocycles. The number of anilines is 1. The van der Waals surface area contributed by atoms with E-state index in [1.54, 1.807) is 29.2 Å². The van der Waals surface area contributed by atoms with Crippen molar-refractivity contribution in [3.63, 3.8) is 0 Å². The van der Waals surface area contributed by atoms with Gasteiger partial charge in [-0.2, -0.15) is 0 Å². The Bertz CT molecular complexity index is 690. The molecule has 0 spiro atoms. The van der Waals surface area contributed by atoms with Crippen molar-refractivity contribution in [1.82, 2.24) is 4.90 Å². The maximum Gasteiger partial charge on any atom is 0.258 e. The minimum Gasteiger partial charge on any atom is -0.390 e. The Kier molecular flexibility index (Phi) is 5.19. The number of para-hydroxylation sites is 1. The lowest BCUT2D eigenvalue weighted by atomic mass is 10.1. The average molecular weight is 345 g/mol. The van der Waals surface area contributed by atoms with E-state index >= 15 is 0 Å². The van der Waals surface area contributed by atoms with E-state index in [9.17, 15) is 9.90 Å². The highest BCUT2D eigenvalue weighted by Crippen LogP contribution is 2.26. The molecule has 4 nitrogen and oxygen atoms in total. The fourth-order valence-electron chi connectivity index (χ4n) is 3.14. The van der Waals surface area contributed by atoms with Crippen LogP contribution in [0.2, 0.25) is 5.02 Å². The van der Waals surface area contributed by atoms with Crippen LogP contribution in [0.4, 0.5) is 5.69 Å². The van der Waals surface area contributed by atoms with Gasteiger partial charge in [-0.3, -0.25) is 9.69 Å².